The zero-order valence-corrected chi connectivity index (χ0v) is 16.9. The normalized spacial score (nSPS) is 19.8. The molecule has 1 amide bonds. The fourth-order valence-electron chi connectivity index (χ4n) is 3.41. The molecule has 6 heteroatoms. The number of aliphatic carboxylic acids is 1. The monoisotopic (exact) mass is 425 g/mol. The fraction of sp³-hybridized carbons (Fsp3) is 0.600. The van der Waals surface area contributed by atoms with E-state index in [2.05, 4.69) is 28.2 Å². The van der Waals surface area contributed by atoms with Gasteiger partial charge in [0.2, 0.25) is 5.91 Å². The van der Waals surface area contributed by atoms with Crippen molar-refractivity contribution in [1.29, 1.82) is 0 Å². The first-order valence-corrected chi connectivity index (χ1v) is 10.2. The maximum Gasteiger partial charge on any atom is 0.306 e. The number of aryl methyl sites for hydroxylation is 1. The molecule has 1 aliphatic rings. The number of carboxylic acids is 1. The van der Waals surface area contributed by atoms with Crippen LogP contribution < -0.4 is 10.1 Å². The number of amides is 1. The van der Waals surface area contributed by atoms with Crippen LogP contribution >= 0.6 is 15.9 Å². The third kappa shape index (κ3) is 6.31. The van der Waals surface area contributed by atoms with Crippen molar-refractivity contribution < 1.29 is 19.4 Å². The molecule has 0 spiro atoms. The third-order valence-corrected chi connectivity index (χ3v) is 5.62. The molecule has 2 atom stereocenters. The van der Waals surface area contributed by atoms with E-state index in [1.807, 2.05) is 18.2 Å². The predicted octanol–water partition coefficient (Wildman–Crippen LogP) is 4.18. The average Bonchev–Trinajstić information content (AvgIpc) is 2.64. The van der Waals surface area contributed by atoms with E-state index in [-0.39, 0.29) is 17.7 Å². The second-order valence-electron chi connectivity index (χ2n) is 6.86. The van der Waals surface area contributed by atoms with Crippen LogP contribution in [0, 0.1) is 11.8 Å². The van der Waals surface area contributed by atoms with Crippen LogP contribution in [0.25, 0.3) is 0 Å². The van der Waals surface area contributed by atoms with E-state index in [1.54, 1.807) is 0 Å². The van der Waals surface area contributed by atoms with Crippen LogP contribution in [0.4, 0.5) is 0 Å². The summed E-state index contributed by atoms with van der Waals surface area (Å²) in [6.07, 6.45) is 5.59. The van der Waals surface area contributed by atoms with E-state index in [0.29, 0.717) is 26.0 Å². The van der Waals surface area contributed by atoms with Crippen LogP contribution in [0.2, 0.25) is 0 Å². The van der Waals surface area contributed by atoms with E-state index in [4.69, 9.17) is 4.74 Å². The molecule has 0 aromatic heterocycles. The zero-order valence-electron chi connectivity index (χ0n) is 15.3. The largest absolute Gasteiger partial charge is 0.492 e. The SMILES string of the molecule is CCc1ccc(OCCCC(=O)NC[C@@H]2CCCC[C@@H]2C(=O)O)c(Br)c1. The molecule has 5 nitrogen and oxygen atoms in total. The van der Waals surface area contributed by atoms with Gasteiger partial charge in [-0.25, -0.2) is 0 Å². The number of halogens is 1. The van der Waals surface area contributed by atoms with Gasteiger partial charge in [0.05, 0.1) is 17.0 Å². The van der Waals surface area contributed by atoms with E-state index in [9.17, 15) is 14.7 Å². The number of nitrogens with one attached hydrogen (secondary N) is 1. The second kappa shape index (κ2) is 10.6. The molecule has 0 heterocycles. The lowest BCUT2D eigenvalue weighted by Gasteiger charge is -2.28. The Labute approximate surface area is 163 Å². The van der Waals surface area contributed by atoms with Crippen LogP contribution in [0.15, 0.2) is 22.7 Å². The molecule has 0 bridgehead atoms. The van der Waals surface area contributed by atoms with Crippen molar-refractivity contribution in [2.45, 2.75) is 51.9 Å². The van der Waals surface area contributed by atoms with Crippen molar-refractivity contribution in [1.82, 2.24) is 5.32 Å². The summed E-state index contributed by atoms with van der Waals surface area (Å²) in [6.45, 7) is 3.03. The van der Waals surface area contributed by atoms with Gasteiger partial charge < -0.3 is 15.2 Å². The number of ether oxygens (including phenoxy) is 1. The van der Waals surface area contributed by atoms with Crippen molar-refractivity contribution in [3.05, 3.63) is 28.2 Å². The lowest BCUT2D eigenvalue weighted by atomic mass is 9.79. The first-order chi connectivity index (χ1) is 12.5. The van der Waals surface area contributed by atoms with Crippen LogP contribution in [0.1, 0.15) is 51.0 Å². The Balaban J connectivity index is 1.66. The predicted molar refractivity (Wildman–Crippen MR) is 104 cm³/mol. The average molecular weight is 426 g/mol. The van der Waals surface area contributed by atoms with E-state index < -0.39 is 5.97 Å². The van der Waals surface area contributed by atoms with Gasteiger partial charge in [0.15, 0.2) is 0 Å². The number of carboxylic acid groups (broad SMARTS) is 1. The van der Waals surface area contributed by atoms with Crippen LogP contribution in [0.5, 0.6) is 5.75 Å². The molecule has 1 saturated carbocycles. The van der Waals surface area contributed by atoms with Gasteiger partial charge in [0.1, 0.15) is 5.75 Å². The number of rotatable bonds is 9. The van der Waals surface area contributed by atoms with Gasteiger partial charge in [-0.05, 0) is 65.2 Å². The summed E-state index contributed by atoms with van der Waals surface area (Å²) in [4.78, 5) is 23.3. The molecule has 1 fully saturated rings. The molecule has 1 aliphatic carbocycles. The third-order valence-electron chi connectivity index (χ3n) is 5.00. The fourth-order valence-corrected chi connectivity index (χ4v) is 3.95. The quantitative estimate of drug-likeness (QED) is 0.581. The minimum absolute atomic E-state index is 0.0382. The molecule has 1 aromatic carbocycles. The summed E-state index contributed by atoms with van der Waals surface area (Å²) >= 11 is 3.50. The number of hydrogen-bond acceptors (Lipinski definition) is 3. The Morgan fingerprint density at radius 2 is 2.08 bits per heavy atom. The molecule has 1 aromatic rings. The Kier molecular flexibility index (Phi) is 8.42. The van der Waals surface area contributed by atoms with Crippen molar-refractivity contribution in [3.63, 3.8) is 0 Å². The van der Waals surface area contributed by atoms with Crippen molar-refractivity contribution in [3.8, 4) is 5.75 Å². The Hall–Kier alpha value is -1.56. The minimum atomic E-state index is -0.739. The van der Waals surface area contributed by atoms with Crippen molar-refractivity contribution in [2.24, 2.45) is 11.8 Å². The standard InChI is InChI=1S/C20H28BrNO4/c1-2-14-9-10-18(17(21)12-14)26-11-5-8-19(23)22-13-15-6-3-4-7-16(15)20(24)25/h9-10,12,15-16H,2-8,11,13H2,1H3,(H,22,23)(H,24,25)/t15-,16-/m0/s1. The maximum atomic E-state index is 12.0. The van der Waals surface area contributed by atoms with E-state index in [0.717, 1.165) is 42.3 Å². The van der Waals surface area contributed by atoms with E-state index in [1.165, 1.54) is 5.56 Å². The van der Waals surface area contributed by atoms with Crippen LogP contribution in [0.3, 0.4) is 0 Å². The molecule has 0 unspecified atom stereocenters. The highest BCUT2D eigenvalue weighted by atomic mass is 79.9. The maximum absolute atomic E-state index is 12.0. The first-order valence-electron chi connectivity index (χ1n) is 9.42. The van der Waals surface area contributed by atoms with Gasteiger partial charge in [0, 0.05) is 13.0 Å². The number of carbonyl (C=O) groups is 2. The molecule has 26 heavy (non-hydrogen) atoms. The minimum Gasteiger partial charge on any atom is -0.492 e. The lowest BCUT2D eigenvalue weighted by molar-refractivity contribution is -0.145. The first kappa shape index (κ1) is 20.7. The molecule has 2 N–H and O–H groups in total. The van der Waals surface area contributed by atoms with Crippen LogP contribution in [-0.2, 0) is 16.0 Å². The molecule has 0 aliphatic heterocycles. The Morgan fingerprint density at radius 1 is 1.31 bits per heavy atom. The van der Waals surface area contributed by atoms with Gasteiger partial charge in [-0.2, -0.15) is 0 Å². The number of hydrogen-bond donors (Lipinski definition) is 2. The Morgan fingerprint density at radius 3 is 2.77 bits per heavy atom. The van der Waals surface area contributed by atoms with Gasteiger partial charge in [0.25, 0.3) is 0 Å². The summed E-state index contributed by atoms with van der Waals surface area (Å²) in [5, 5.41) is 12.2. The lowest BCUT2D eigenvalue weighted by Crippen LogP contribution is -2.37. The molecular weight excluding hydrogens is 398 g/mol. The molecule has 0 saturated heterocycles. The summed E-state index contributed by atoms with van der Waals surface area (Å²) in [6, 6.07) is 6.03. The molecule has 0 radical (unpaired) electrons. The molecule has 2 rings (SSSR count). The van der Waals surface area contributed by atoms with Gasteiger partial charge >= 0.3 is 5.97 Å². The zero-order chi connectivity index (χ0) is 18.9. The Bertz CT molecular complexity index is 620. The van der Waals surface area contributed by atoms with Gasteiger partial charge in [-0.1, -0.05) is 25.8 Å². The topological polar surface area (TPSA) is 75.6 Å². The highest BCUT2D eigenvalue weighted by molar-refractivity contribution is 9.10. The van der Waals surface area contributed by atoms with Crippen molar-refractivity contribution in [2.75, 3.05) is 13.2 Å². The van der Waals surface area contributed by atoms with E-state index >= 15 is 0 Å². The molecule has 144 valence electrons. The smallest absolute Gasteiger partial charge is 0.306 e. The summed E-state index contributed by atoms with van der Waals surface area (Å²) < 4.78 is 6.65. The number of benzene rings is 1. The van der Waals surface area contributed by atoms with Crippen LogP contribution in [-0.4, -0.2) is 30.1 Å². The molecular formula is C20H28BrNO4. The highest BCUT2D eigenvalue weighted by Gasteiger charge is 2.30. The van der Waals surface area contributed by atoms with Gasteiger partial charge in [-0.3, -0.25) is 9.59 Å². The summed E-state index contributed by atoms with van der Waals surface area (Å²) in [5.41, 5.74) is 1.24. The van der Waals surface area contributed by atoms with Crippen molar-refractivity contribution >= 4 is 27.8 Å². The summed E-state index contributed by atoms with van der Waals surface area (Å²) in [7, 11) is 0. The highest BCUT2D eigenvalue weighted by Crippen LogP contribution is 2.30. The number of carbonyl (C=O) groups excluding carboxylic acids is 1. The second-order valence-corrected chi connectivity index (χ2v) is 7.72. The van der Waals surface area contributed by atoms with Gasteiger partial charge in [-0.15, -0.1) is 0 Å². The summed E-state index contributed by atoms with van der Waals surface area (Å²) in [5.74, 6) is -0.264.